The summed E-state index contributed by atoms with van der Waals surface area (Å²) in [4.78, 5) is 27.0. The zero-order chi connectivity index (χ0) is 21.6. The topological polar surface area (TPSA) is 99.5 Å². The SMILES string of the molecule is C.CC(C)(O)C1CNC(=O)c2c3c(nn2C1)CCN(C(=O)Nc1ccc(F)c(Cl)c1)C3. The normalized spacial score (nSPS) is 18.3. The second-order valence-corrected chi connectivity index (χ2v) is 8.65. The Labute approximate surface area is 185 Å². The third-order valence-electron chi connectivity index (χ3n) is 5.68. The lowest BCUT2D eigenvalue weighted by Crippen LogP contribution is -2.41. The Balaban J connectivity index is 0.00000272. The molecule has 0 saturated heterocycles. The van der Waals surface area contributed by atoms with Gasteiger partial charge in [0.05, 0.1) is 22.9 Å². The quantitative estimate of drug-likeness (QED) is 0.653. The molecule has 0 spiro atoms. The molecule has 0 saturated carbocycles. The van der Waals surface area contributed by atoms with Crippen LogP contribution in [0.15, 0.2) is 18.2 Å². The maximum absolute atomic E-state index is 13.3. The van der Waals surface area contributed by atoms with Crippen LogP contribution < -0.4 is 10.6 Å². The molecular weight excluding hydrogens is 425 g/mol. The van der Waals surface area contributed by atoms with E-state index >= 15 is 0 Å². The van der Waals surface area contributed by atoms with Crippen LogP contribution >= 0.6 is 11.6 Å². The first-order chi connectivity index (χ1) is 14.1. The van der Waals surface area contributed by atoms with Crippen molar-refractivity contribution in [2.75, 3.05) is 18.4 Å². The Hall–Kier alpha value is -2.65. The summed E-state index contributed by atoms with van der Waals surface area (Å²) >= 11 is 5.78. The number of nitrogens with one attached hydrogen (secondary N) is 2. The summed E-state index contributed by atoms with van der Waals surface area (Å²) in [7, 11) is 0. The predicted molar refractivity (Wildman–Crippen MR) is 116 cm³/mol. The molecule has 1 unspecified atom stereocenters. The summed E-state index contributed by atoms with van der Waals surface area (Å²) < 4.78 is 15.0. The van der Waals surface area contributed by atoms with Crippen LogP contribution in [0.5, 0.6) is 0 Å². The monoisotopic (exact) mass is 451 g/mol. The second-order valence-electron chi connectivity index (χ2n) is 8.25. The van der Waals surface area contributed by atoms with Crippen LogP contribution in [0.4, 0.5) is 14.9 Å². The molecule has 4 rings (SSSR count). The minimum atomic E-state index is -0.969. The molecule has 1 atom stereocenters. The van der Waals surface area contributed by atoms with E-state index in [1.807, 2.05) is 0 Å². The Bertz CT molecular complexity index is 1020. The molecule has 0 aliphatic carbocycles. The van der Waals surface area contributed by atoms with E-state index in [2.05, 4.69) is 15.7 Å². The van der Waals surface area contributed by atoms with Gasteiger partial charge in [0.2, 0.25) is 0 Å². The second kappa shape index (κ2) is 8.47. The summed E-state index contributed by atoms with van der Waals surface area (Å²) in [6.45, 7) is 4.84. The van der Waals surface area contributed by atoms with E-state index in [1.54, 1.807) is 23.4 Å². The standard InChI is InChI=1S/C20H23ClFN5O3.CH4/c1-20(2,30)11-8-23-18(28)17-13-10-26(6-5-16(13)25-27(17)9-11)19(29)24-12-3-4-15(22)14(21)7-12;/h3-4,7,11,30H,5-6,8-10H2,1-2H3,(H,23,28)(H,24,29);1H4. The summed E-state index contributed by atoms with van der Waals surface area (Å²) in [5.74, 6) is -1.01. The number of carbonyl (C=O) groups excluding carboxylic acids is 2. The number of halogens is 2. The number of fused-ring (bicyclic) bond motifs is 3. The van der Waals surface area contributed by atoms with E-state index in [4.69, 9.17) is 11.6 Å². The summed E-state index contributed by atoms with van der Waals surface area (Å²) in [5.41, 5.74) is 1.34. The Morgan fingerprint density at radius 1 is 1.42 bits per heavy atom. The number of hydrogen-bond acceptors (Lipinski definition) is 4. The van der Waals surface area contributed by atoms with Gasteiger partial charge in [-0.1, -0.05) is 19.0 Å². The highest BCUT2D eigenvalue weighted by molar-refractivity contribution is 6.31. The van der Waals surface area contributed by atoms with Crippen molar-refractivity contribution in [3.05, 3.63) is 46.0 Å². The molecule has 168 valence electrons. The summed E-state index contributed by atoms with van der Waals surface area (Å²) in [6.07, 6.45) is 0.507. The molecular formula is C21H27ClFN5O3. The first-order valence-corrected chi connectivity index (χ1v) is 10.1. The van der Waals surface area contributed by atoms with Gasteiger partial charge in [-0.2, -0.15) is 5.10 Å². The smallest absolute Gasteiger partial charge is 0.322 e. The molecule has 0 bridgehead atoms. The molecule has 0 radical (unpaired) electrons. The number of aliphatic hydroxyl groups is 1. The van der Waals surface area contributed by atoms with Crippen molar-refractivity contribution in [3.63, 3.8) is 0 Å². The number of amides is 3. The predicted octanol–water partition coefficient (Wildman–Crippen LogP) is 3.03. The molecule has 2 aliphatic heterocycles. The molecule has 2 aromatic rings. The fraction of sp³-hybridized carbons (Fsp3) is 0.476. The van der Waals surface area contributed by atoms with Crippen LogP contribution in [-0.4, -0.2) is 50.4 Å². The van der Waals surface area contributed by atoms with Crippen molar-refractivity contribution in [3.8, 4) is 0 Å². The minimum absolute atomic E-state index is 0. The minimum Gasteiger partial charge on any atom is -0.390 e. The van der Waals surface area contributed by atoms with Crippen LogP contribution in [0.3, 0.4) is 0 Å². The van der Waals surface area contributed by atoms with Gasteiger partial charge in [-0.25, -0.2) is 9.18 Å². The fourth-order valence-electron chi connectivity index (χ4n) is 3.81. The van der Waals surface area contributed by atoms with Crippen LogP contribution in [0, 0.1) is 11.7 Å². The van der Waals surface area contributed by atoms with Crippen molar-refractivity contribution < 1.29 is 19.1 Å². The highest BCUT2D eigenvalue weighted by atomic mass is 35.5. The summed E-state index contributed by atoms with van der Waals surface area (Å²) in [5, 5.41) is 20.5. The van der Waals surface area contributed by atoms with E-state index in [-0.39, 0.29) is 36.9 Å². The van der Waals surface area contributed by atoms with Gasteiger partial charge in [-0.15, -0.1) is 0 Å². The third-order valence-corrected chi connectivity index (χ3v) is 5.97. The van der Waals surface area contributed by atoms with E-state index in [9.17, 15) is 19.1 Å². The summed E-state index contributed by atoms with van der Waals surface area (Å²) in [6, 6.07) is 3.60. The molecule has 1 aromatic carbocycles. The van der Waals surface area contributed by atoms with Crippen LogP contribution in [0.2, 0.25) is 5.02 Å². The molecule has 1 aromatic heterocycles. The Kier molecular flexibility index (Phi) is 6.29. The van der Waals surface area contributed by atoms with E-state index in [0.717, 1.165) is 5.69 Å². The fourth-order valence-corrected chi connectivity index (χ4v) is 3.99. The Morgan fingerprint density at radius 2 is 2.16 bits per heavy atom. The number of nitrogens with zero attached hydrogens (tertiary/aromatic N) is 3. The van der Waals surface area contributed by atoms with Gasteiger partial charge in [-0.05, 0) is 32.0 Å². The molecule has 3 heterocycles. The lowest BCUT2D eigenvalue weighted by molar-refractivity contribution is 0.0105. The third kappa shape index (κ3) is 4.52. The van der Waals surface area contributed by atoms with Gasteiger partial charge < -0.3 is 20.6 Å². The molecule has 10 heteroatoms. The van der Waals surface area contributed by atoms with Crippen LogP contribution in [-0.2, 0) is 19.5 Å². The van der Waals surface area contributed by atoms with E-state index in [1.165, 1.54) is 18.2 Å². The van der Waals surface area contributed by atoms with E-state index in [0.29, 0.717) is 43.0 Å². The first-order valence-electron chi connectivity index (χ1n) is 9.73. The van der Waals surface area contributed by atoms with Crippen molar-refractivity contribution in [2.45, 2.75) is 46.4 Å². The number of anilines is 1. The molecule has 3 amide bonds. The number of rotatable bonds is 2. The van der Waals surface area contributed by atoms with Gasteiger partial charge in [-0.3, -0.25) is 9.48 Å². The lowest BCUT2D eigenvalue weighted by atomic mass is 9.91. The van der Waals surface area contributed by atoms with Crippen LogP contribution in [0.1, 0.15) is 43.0 Å². The van der Waals surface area contributed by atoms with Gasteiger partial charge in [0, 0.05) is 43.2 Å². The molecule has 2 aliphatic rings. The number of benzene rings is 1. The van der Waals surface area contributed by atoms with Crippen molar-refractivity contribution in [1.82, 2.24) is 20.0 Å². The van der Waals surface area contributed by atoms with E-state index < -0.39 is 11.4 Å². The average Bonchev–Trinajstić information content (AvgIpc) is 2.95. The number of aromatic nitrogens is 2. The molecule has 3 N–H and O–H groups in total. The number of urea groups is 1. The number of carbonyl (C=O) groups is 2. The lowest BCUT2D eigenvalue weighted by Gasteiger charge is -2.28. The maximum Gasteiger partial charge on any atom is 0.322 e. The van der Waals surface area contributed by atoms with Crippen molar-refractivity contribution in [2.24, 2.45) is 5.92 Å². The first kappa shape index (κ1) is 23.0. The van der Waals surface area contributed by atoms with Crippen molar-refractivity contribution >= 4 is 29.2 Å². The molecule has 0 fully saturated rings. The van der Waals surface area contributed by atoms with Crippen molar-refractivity contribution in [1.29, 1.82) is 0 Å². The zero-order valence-electron chi connectivity index (χ0n) is 16.7. The number of hydrogen-bond donors (Lipinski definition) is 3. The average molecular weight is 452 g/mol. The van der Waals surface area contributed by atoms with Gasteiger partial charge in [0.15, 0.2) is 0 Å². The van der Waals surface area contributed by atoms with Gasteiger partial charge in [0.25, 0.3) is 5.91 Å². The Morgan fingerprint density at radius 3 is 2.84 bits per heavy atom. The van der Waals surface area contributed by atoms with Gasteiger partial charge in [0.1, 0.15) is 11.5 Å². The van der Waals surface area contributed by atoms with Crippen LogP contribution in [0.25, 0.3) is 0 Å². The molecule has 8 nitrogen and oxygen atoms in total. The largest absolute Gasteiger partial charge is 0.390 e. The zero-order valence-corrected chi connectivity index (χ0v) is 17.5. The molecule has 31 heavy (non-hydrogen) atoms. The highest BCUT2D eigenvalue weighted by Crippen LogP contribution is 2.28. The maximum atomic E-state index is 13.3. The van der Waals surface area contributed by atoms with Gasteiger partial charge >= 0.3 is 6.03 Å². The highest BCUT2D eigenvalue weighted by Gasteiger charge is 2.36.